The number of aromatic nitrogens is 3. The van der Waals surface area contributed by atoms with E-state index in [2.05, 4.69) is 15.4 Å². The van der Waals surface area contributed by atoms with Crippen molar-refractivity contribution in [2.45, 2.75) is 32.2 Å². The summed E-state index contributed by atoms with van der Waals surface area (Å²) in [6.07, 6.45) is 4.66. The summed E-state index contributed by atoms with van der Waals surface area (Å²) in [6.45, 7) is 3.15. The Kier molecular flexibility index (Phi) is 5.89. The number of pyridine rings is 1. The van der Waals surface area contributed by atoms with Gasteiger partial charge < -0.3 is 15.0 Å². The molecule has 29 heavy (non-hydrogen) atoms. The fourth-order valence-electron chi connectivity index (χ4n) is 4.14. The van der Waals surface area contributed by atoms with Gasteiger partial charge in [0.05, 0.1) is 5.69 Å². The minimum atomic E-state index is -0.188. The molecular formula is C21H27N5O3. The number of amides is 2. The molecule has 0 unspecified atom stereocenters. The first-order valence-electron chi connectivity index (χ1n) is 10.2. The van der Waals surface area contributed by atoms with E-state index in [1.165, 1.54) is 5.69 Å². The van der Waals surface area contributed by atoms with Crippen LogP contribution in [0.4, 0.5) is 0 Å². The van der Waals surface area contributed by atoms with Gasteiger partial charge in [-0.3, -0.25) is 19.3 Å². The lowest BCUT2D eigenvalue weighted by atomic mass is 9.96. The molecule has 0 saturated carbocycles. The van der Waals surface area contributed by atoms with Gasteiger partial charge in [-0.15, -0.1) is 0 Å². The minimum absolute atomic E-state index is 0.0723. The minimum Gasteiger partial charge on any atom is -0.381 e. The molecule has 2 amide bonds. The van der Waals surface area contributed by atoms with Gasteiger partial charge in [-0.05, 0) is 25.0 Å². The number of ether oxygens (including phenoxy) is 1. The number of rotatable bonds is 5. The van der Waals surface area contributed by atoms with Gasteiger partial charge in [-0.1, -0.05) is 6.07 Å². The van der Waals surface area contributed by atoms with E-state index in [9.17, 15) is 9.59 Å². The summed E-state index contributed by atoms with van der Waals surface area (Å²) in [5.41, 5.74) is 3.68. The van der Waals surface area contributed by atoms with Crippen molar-refractivity contribution in [1.82, 2.24) is 25.0 Å². The lowest BCUT2D eigenvalue weighted by Gasteiger charge is -2.32. The number of hydrogen-bond acceptors (Lipinski definition) is 5. The molecule has 8 heteroatoms. The van der Waals surface area contributed by atoms with Crippen LogP contribution < -0.4 is 5.32 Å². The maximum atomic E-state index is 12.9. The predicted molar refractivity (Wildman–Crippen MR) is 106 cm³/mol. The summed E-state index contributed by atoms with van der Waals surface area (Å²) >= 11 is 0. The van der Waals surface area contributed by atoms with Crippen molar-refractivity contribution in [2.75, 3.05) is 26.3 Å². The second kappa shape index (κ2) is 8.73. The lowest BCUT2D eigenvalue weighted by Crippen LogP contribution is -2.41. The molecule has 154 valence electrons. The number of carbonyl (C=O) groups is 2. The molecule has 1 saturated heterocycles. The third-order valence-electron chi connectivity index (χ3n) is 5.75. The second-order valence-corrected chi connectivity index (χ2v) is 7.61. The van der Waals surface area contributed by atoms with E-state index >= 15 is 0 Å². The lowest BCUT2D eigenvalue weighted by molar-refractivity contribution is -0.139. The highest BCUT2D eigenvalue weighted by Crippen LogP contribution is 2.26. The van der Waals surface area contributed by atoms with E-state index in [1.54, 1.807) is 24.4 Å². The molecule has 1 fully saturated rings. The van der Waals surface area contributed by atoms with Crippen molar-refractivity contribution in [2.24, 2.45) is 13.0 Å². The number of hydrogen-bond donors (Lipinski definition) is 1. The Hall–Kier alpha value is -2.74. The molecule has 4 heterocycles. The normalized spacial score (nSPS) is 17.1. The summed E-state index contributed by atoms with van der Waals surface area (Å²) in [4.78, 5) is 31.1. The molecule has 0 atom stereocenters. The molecule has 2 aliphatic heterocycles. The third-order valence-corrected chi connectivity index (χ3v) is 5.75. The SMILES string of the molecule is Cn1nc(CCNC(=O)c2ccccn2)c2c1CCN(C(=O)C1CCOCC1)C2. The number of carbonyl (C=O) groups excluding carboxylic acids is 2. The van der Waals surface area contributed by atoms with Crippen LogP contribution >= 0.6 is 0 Å². The molecule has 2 aromatic rings. The van der Waals surface area contributed by atoms with Crippen LogP contribution in [-0.4, -0.2) is 57.8 Å². The molecule has 0 radical (unpaired) electrons. The predicted octanol–water partition coefficient (Wildman–Crippen LogP) is 1.10. The van der Waals surface area contributed by atoms with Crippen molar-refractivity contribution in [3.63, 3.8) is 0 Å². The van der Waals surface area contributed by atoms with Crippen LogP contribution in [0, 0.1) is 5.92 Å². The summed E-state index contributed by atoms with van der Waals surface area (Å²) in [5.74, 6) is 0.118. The van der Waals surface area contributed by atoms with Crippen LogP contribution in [0.25, 0.3) is 0 Å². The fourth-order valence-corrected chi connectivity index (χ4v) is 4.14. The first-order valence-corrected chi connectivity index (χ1v) is 10.2. The quantitative estimate of drug-likeness (QED) is 0.816. The molecule has 0 spiro atoms. The van der Waals surface area contributed by atoms with Crippen LogP contribution in [0.3, 0.4) is 0 Å². The monoisotopic (exact) mass is 397 g/mol. The molecular weight excluding hydrogens is 370 g/mol. The van der Waals surface area contributed by atoms with Gasteiger partial charge in [0.2, 0.25) is 5.91 Å². The van der Waals surface area contributed by atoms with Crippen molar-refractivity contribution >= 4 is 11.8 Å². The van der Waals surface area contributed by atoms with Gasteiger partial charge in [0.25, 0.3) is 5.91 Å². The summed E-state index contributed by atoms with van der Waals surface area (Å²) in [6, 6.07) is 5.27. The average Bonchev–Trinajstić information content (AvgIpc) is 3.09. The summed E-state index contributed by atoms with van der Waals surface area (Å²) in [7, 11) is 1.95. The molecule has 2 aliphatic rings. The maximum Gasteiger partial charge on any atom is 0.269 e. The van der Waals surface area contributed by atoms with E-state index < -0.39 is 0 Å². The zero-order chi connectivity index (χ0) is 20.2. The Labute approximate surface area is 170 Å². The zero-order valence-electron chi connectivity index (χ0n) is 16.8. The molecule has 0 aliphatic carbocycles. The van der Waals surface area contributed by atoms with Crippen LogP contribution in [0.1, 0.15) is 40.3 Å². The van der Waals surface area contributed by atoms with Gasteiger partial charge in [0.1, 0.15) is 5.69 Å². The largest absolute Gasteiger partial charge is 0.381 e. The molecule has 2 aromatic heterocycles. The highest BCUT2D eigenvalue weighted by Gasteiger charge is 2.31. The van der Waals surface area contributed by atoms with Crippen molar-refractivity contribution in [3.05, 3.63) is 47.0 Å². The molecule has 1 N–H and O–H groups in total. The van der Waals surface area contributed by atoms with Crippen LogP contribution in [0.15, 0.2) is 24.4 Å². The Balaban J connectivity index is 1.39. The smallest absolute Gasteiger partial charge is 0.269 e. The zero-order valence-corrected chi connectivity index (χ0v) is 16.8. The summed E-state index contributed by atoms with van der Waals surface area (Å²) in [5, 5.41) is 7.56. The standard InChI is InChI=1S/C21H27N5O3/c1-25-19-6-11-26(21(28)15-7-12-29-13-8-15)14-16(19)17(24-25)5-10-23-20(27)18-4-2-3-9-22-18/h2-4,9,15H,5-8,10-14H2,1H3,(H,23,27). The van der Waals surface area contributed by atoms with Gasteiger partial charge in [-0.2, -0.15) is 5.10 Å². The van der Waals surface area contributed by atoms with E-state index in [0.29, 0.717) is 38.4 Å². The van der Waals surface area contributed by atoms with Crippen molar-refractivity contribution in [3.8, 4) is 0 Å². The number of nitrogens with zero attached hydrogens (tertiary/aromatic N) is 4. The molecule has 0 bridgehead atoms. The highest BCUT2D eigenvalue weighted by molar-refractivity contribution is 5.92. The first kappa shape index (κ1) is 19.6. The van der Waals surface area contributed by atoms with Gasteiger partial charge >= 0.3 is 0 Å². The Morgan fingerprint density at radius 2 is 2.10 bits per heavy atom. The average molecular weight is 397 g/mol. The first-order chi connectivity index (χ1) is 14.1. The molecule has 8 nitrogen and oxygen atoms in total. The van der Waals surface area contributed by atoms with Crippen LogP contribution in [-0.2, 0) is 36.0 Å². The Morgan fingerprint density at radius 1 is 1.28 bits per heavy atom. The van der Waals surface area contributed by atoms with Gasteiger partial charge in [0, 0.05) is 76.1 Å². The number of nitrogens with one attached hydrogen (secondary N) is 1. The number of aryl methyl sites for hydroxylation is 1. The topological polar surface area (TPSA) is 89.4 Å². The van der Waals surface area contributed by atoms with E-state index in [-0.39, 0.29) is 17.7 Å². The van der Waals surface area contributed by atoms with Crippen molar-refractivity contribution in [1.29, 1.82) is 0 Å². The third kappa shape index (κ3) is 4.32. The molecule has 4 rings (SSSR count). The van der Waals surface area contributed by atoms with Crippen molar-refractivity contribution < 1.29 is 14.3 Å². The fraction of sp³-hybridized carbons (Fsp3) is 0.524. The molecule has 0 aromatic carbocycles. The Morgan fingerprint density at radius 3 is 2.86 bits per heavy atom. The van der Waals surface area contributed by atoms with E-state index in [4.69, 9.17) is 4.74 Å². The van der Waals surface area contributed by atoms with Crippen LogP contribution in [0.5, 0.6) is 0 Å². The second-order valence-electron chi connectivity index (χ2n) is 7.61. The van der Waals surface area contributed by atoms with Gasteiger partial charge in [-0.25, -0.2) is 0 Å². The Bertz CT molecular complexity index is 874. The summed E-state index contributed by atoms with van der Waals surface area (Å²) < 4.78 is 7.31. The van der Waals surface area contributed by atoms with E-state index in [1.807, 2.05) is 16.6 Å². The van der Waals surface area contributed by atoms with Gasteiger partial charge in [0.15, 0.2) is 0 Å². The maximum absolute atomic E-state index is 12.9. The highest BCUT2D eigenvalue weighted by atomic mass is 16.5. The van der Waals surface area contributed by atoms with Crippen LogP contribution in [0.2, 0.25) is 0 Å². The number of fused-ring (bicyclic) bond motifs is 1. The van der Waals surface area contributed by atoms with E-state index in [0.717, 1.165) is 37.1 Å².